The number of aromatic nitrogens is 2. The van der Waals surface area contributed by atoms with Crippen LogP contribution in [0.3, 0.4) is 0 Å². The van der Waals surface area contributed by atoms with Crippen LogP contribution in [0.4, 0.5) is 0 Å². The molecular weight excluding hydrogens is 264 g/mol. The molecule has 1 aromatic heterocycles. The number of nitrogens with zero attached hydrogens (tertiary/aromatic N) is 2. The number of rotatable bonds is 2. The molecule has 1 heterocycles. The van der Waals surface area contributed by atoms with Crippen molar-refractivity contribution in [3.8, 4) is 0 Å². The monoisotopic (exact) mass is 286 g/mol. The minimum absolute atomic E-state index is 0.179. The third kappa shape index (κ3) is 2.33. The first kappa shape index (κ1) is 14.1. The van der Waals surface area contributed by atoms with Crippen LogP contribution < -0.4 is 11.2 Å². The van der Waals surface area contributed by atoms with Crippen LogP contribution in [0.1, 0.15) is 39.2 Å². The van der Waals surface area contributed by atoms with Crippen LogP contribution in [0, 0.1) is 12.8 Å². The summed E-state index contributed by atoms with van der Waals surface area (Å²) in [5.41, 5.74) is 0.917. The zero-order valence-corrected chi connectivity index (χ0v) is 13.1. The molecule has 0 N–H and O–H groups in total. The molecule has 3 rings (SSSR count). The van der Waals surface area contributed by atoms with Gasteiger partial charge < -0.3 is 0 Å². The maximum Gasteiger partial charge on any atom is 0.331 e. The first-order valence-electron chi connectivity index (χ1n) is 7.56. The number of para-hydroxylation sites is 1. The highest BCUT2D eigenvalue weighted by atomic mass is 16.2. The van der Waals surface area contributed by atoms with Crippen molar-refractivity contribution in [1.29, 1.82) is 0 Å². The van der Waals surface area contributed by atoms with Gasteiger partial charge in [-0.3, -0.25) is 13.9 Å². The fourth-order valence-electron chi connectivity index (χ4n) is 2.93. The minimum Gasteiger partial charge on any atom is -0.293 e. The summed E-state index contributed by atoms with van der Waals surface area (Å²) < 4.78 is 3.21. The predicted molar refractivity (Wildman–Crippen MR) is 84.9 cm³/mol. The molecule has 0 radical (unpaired) electrons. The fourth-order valence-corrected chi connectivity index (χ4v) is 2.93. The molecule has 4 nitrogen and oxygen atoms in total. The molecule has 1 aromatic carbocycles. The second kappa shape index (κ2) is 4.58. The second-order valence-corrected chi connectivity index (χ2v) is 7.12. The molecule has 2 aromatic rings. The first-order valence-corrected chi connectivity index (χ1v) is 7.56. The zero-order valence-electron chi connectivity index (χ0n) is 13.1. The third-order valence-corrected chi connectivity index (χ3v) is 4.17. The summed E-state index contributed by atoms with van der Waals surface area (Å²) in [6, 6.07) is 5.68. The SMILES string of the molecule is Cc1cccc2c(=O)n(C(C)(C)C)c(=O)n(CC3CC3)c12. The van der Waals surface area contributed by atoms with Gasteiger partial charge >= 0.3 is 5.69 Å². The molecule has 0 spiro atoms. The average molecular weight is 286 g/mol. The molecule has 1 aliphatic carbocycles. The Kier molecular flexibility index (Phi) is 3.08. The van der Waals surface area contributed by atoms with Crippen LogP contribution in [0.5, 0.6) is 0 Å². The standard InChI is InChI=1S/C17H22N2O2/c1-11-6-5-7-13-14(11)18(10-12-8-9-12)16(21)19(15(13)20)17(2,3)4/h5-7,12H,8-10H2,1-4H3. The largest absolute Gasteiger partial charge is 0.331 e. The Morgan fingerprint density at radius 1 is 1.19 bits per heavy atom. The normalized spacial score (nSPS) is 15.6. The predicted octanol–water partition coefficient (Wildman–Crippen LogP) is 2.64. The van der Waals surface area contributed by atoms with E-state index in [0.29, 0.717) is 11.3 Å². The maximum atomic E-state index is 12.9. The molecule has 21 heavy (non-hydrogen) atoms. The van der Waals surface area contributed by atoms with Crippen molar-refractivity contribution >= 4 is 10.9 Å². The van der Waals surface area contributed by atoms with Crippen molar-refractivity contribution in [3.63, 3.8) is 0 Å². The Labute approximate surface area is 124 Å². The van der Waals surface area contributed by atoms with Gasteiger partial charge in [-0.05, 0) is 58.1 Å². The number of hydrogen-bond acceptors (Lipinski definition) is 2. The van der Waals surface area contributed by atoms with Crippen molar-refractivity contribution in [2.75, 3.05) is 0 Å². The maximum absolute atomic E-state index is 12.9. The summed E-state index contributed by atoms with van der Waals surface area (Å²) in [6.07, 6.45) is 2.35. The van der Waals surface area contributed by atoms with Crippen molar-refractivity contribution in [3.05, 3.63) is 44.6 Å². The lowest BCUT2D eigenvalue weighted by Gasteiger charge is -2.24. The van der Waals surface area contributed by atoms with Gasteiger partial charge in [0.25, 0.3) is 5.56 Å². The van der Waals surface area contributed by atoms with Gasteiger partial charge in [-0.1, -0.05) is 12.1 Å². The number of hydrogen-bond donors (Lipinski definition) is 0. The summed E-state index contributed by atoms with van der Waals surface area (Å²) in [6.45, 7) is 8.39. The zero-order chi connectivity index (χ0) is 15.4. The minimum atomic E-state index is -0.516. The van der Waals surface area contributed by atoms with E-state index in [2.05, 4.69) is 0 Å². The van der Waals surface area contributed by atoms with E-state index in [0.717, 1.165) is 17.6 Å². The van der Waals surface area contributed by atoms with E-state index in [4.69, 9.17) is 0 Å². The lowest BCUT2D eigenvalue weighted by atomic mass is 10.1. The van der Waals surface area contributed by atoms with Crippen molar-refractivity contribution in [2.45, 2.75) is 52.6 Å². The van der Waals surface area contributed by atoms with E-state index in [-0.39, 0.29) is 11.2 Å². The Balaban J connectivity index is 2.46. The number of benzene rings is 1. The second-order valence-electron chi connectivity index (χ2n) is 7.12. The number of aryl methyl sites for hydroxylation is 1. The molecular formula is C17H22N2O2. The summed E-state index contributed by atoms with van der Waals surface area (Å²) in [7, 11) is 0. The van der Waals surface area contributed by atoms with Gasteiger partial charge in [0.05, 0.1) is 10.9 Å². The molecule has 1 saturated carbocycles. The molecule has 0 atom stereocenters. The smallest absolute Gasteiger partial charge is 0.293 e. The topological polar surface area (TPSA) is 44.0 Å². The molecule has 0 aliphatic heterocycles. The lowest BCUT2D eigenvalue weighted by Crippen LogP contribution is -2.48. The van der Waals surface area contributed by atoms with Gasteiger partial charge in [-0.2, -0.15) is 0 Å². The highest BCUT2D eigenvalue weighted by molar-refractivity contribution is 5.81. The van der Waals surface area contributed by atoms with Gasteiger partial charge in [0.1, 0.15) is 0 Å². The highest BCUT2D eigenvalue weighted by Crippen LogP contribution is 2.31. The van der Waals surface area contributed by atoms with Crippen molar-refractivity contribution < 1.29 is 0 Å². The Morgan fingerprint density at radius 3 is 2.43 bits per heavy atom. The van der Waals surface area contributed by atoms with E-state index >= 15 is 0 Å². The van der Waals surface area contributed by atoms with Crippen LogP contribution in [0.25, 0.3) is 10.9 Å². The van der Waals surface area contributed by atoms with E-state index in [1.807, 2.05) is 50.5 Å². The molecule has 4 heteroatoms. The van der Waals surface area contributed by atoms with E-state index in [9.17, 15) is 9.59 Å². The third-order valence-electron chi connectivity index (χ3n) is 4.17. The summed E-state index contributed by atoms with van der Waals surface area (Å²) >= 11 is 0. The molecule has 1 aliphatic rings. The van der Waals surface area contributed by atoms with Crippen LogP contribution in [0.2, 0.25) is 0 Å². The van der Waals surface area contributed by atoms with Crippen LogP contribution >= 0.6 is 0 Å². The van der Waals surface area contributed by atoms with E-state index in [1.54, 1.807) is 0 Å². The van der Waals surface area contributed by atoms with Gasteiger partial charge in [-0.25, -0.2) is 4.79 Å². The fraction of sp³-hybridized carbons (Fsp3) is 0.529. The Morgan fingerprint density at radius 2 is 1.86 bits per heavy atom. The molecule has 0 saturated heterocycles. The molecule has 0 unspecified atom stereocenters. The van der Waals surface area contributed by atoms with Gasteiger partial charge in [0.2, 0.25) is 0 Å². The summed E-state index contributed by atoms with van der Waals surface area (Å²) in [4.78, 5) is 25.6. The van der Waals surface area contributed by atoms with Crippen molar-refractivity contribution in [1.82, 2.24) is 9.13 Å². The van der Waals surface area contributed by atoms with E-state index in [1.165, 1.54) is 17.4 Å². The van der Waals surface area contributed by atoms with Gasteiger partial charge in [0.15, 0.2) is 0 Å². The molecule has 112 valence electrons. The van der Waals surface area contributed by atoms with Crippen LogP contribution in [-0.4, -0.2) is 9.13 Å². The summed E-state index contributed by atoms with van der Waals surface area (Å²) in [5.74, 6) is 0.580. The molecule has 0 bridgehead atoms. The van der Waals surface area contributed by atoms with Gasteiger partial charge in [0, 0.05) is 12.1 Å². The molecule has 0 amide bonds. The highest BCUT2D eigenvalue weighted by Gasteiger charge is 2.27. The first-order chi connectivity index (χ1) is 9.80. The quantitative estimate of drug-likeness (QED) is 0.852. The molecule has 1 fully saturated rings. The Bertz CT molecular complexity index is 818. The van der Waals surface area contributed by atoms with E-state index < -0.39 is 5.54 Å². The lowest BCUT2D eigenvalue weighted by molar-refractivity contribution is 0.356. The average Bonchev–Trinajstić information content (AvgIpc) is 3.17. The van der Waals surface area contributed by atoms with Gasteiger partial charge in [-0.15, -0.1) is 0 Å². The van der Waals surface area contributed by atoms with Crippen LogP contribution in [-0.2, 0) is 12.1 Å². The van der Waals surface area contributed by atoms with Crippen LogP contribution in [0.15, 0.2) is 27.8 Å². The van der Waals surface area contributed by atoms with Crippen molar-refractivity contribution in [2.24, 2.45) is 5.92 Å². The summed E-state index contributed by atoms with van der Waals surface area (Å²) in [5, 5.41) is 0.644. The number of fused-ring (bicyclic) bond motifs is 1. The Hall–Kier alpha value is -1.84.